The third-order valence-corrected chi connectivity index (χ3v) is 7.09. The largest absolute Gasteiger partial charge is 0.384 e. The maximum atomic E-state index is 5.60. The van der Waals surface area contributed by atoms with E-state index in [2.05, 4.69) is 28.9 Å². The summed E-state index contributed by atoms with van der Waals surface area (Å²) in [4.78, 5) is 8.40. The highest BCUT2D eigenvalue weighted by atomic mass is 32.1. The van der Waals surface area contributed by atoms with Gasteiger partial charge in [0.1, 0.15) is 0 Å². The first-order valence-corrected chi connectivity index (χ1v) is 9.97. The normalized spacial score (nSPS) is 32.3. The van der Waals surface area contributed by atoms with Gasteiger partial charge >= 0.3 is 0 Å². The number of methoxy groups -OCH3 is 1. The zero-order valence-electron chi connectivity index (χ0n) is 14.6. The molecule has 2 aliphatic heterocycles. The van der Waals surface area contributed by atoms with Crippen LogP contribution in [0.5, 0.6) is 0 Å². The van der Waals surface area contributed by atoms with Gasteiger partial charge in [0.05, 0.1) is 6.61 Å². The van der Waals surface area contributed by atoms with E-state index in [1.54, 1.807) is 0 Å². The Hall–Kier alpha value is -0.420. The zero-order valence-corrected chi connectivity index (χ0v) is 15.4. The van der Waals surface area contributed by atoms with Gasteiger partial charge in [-0.3, -0.25) is 4.90 Å². The molecule has 0 amide bonds. The topological polar surface area (TPSA) is 15.7 Å². The van der Waals surface area contributed by atoms with Crippen LogP contribution < -0.4 is 0 Å². The standard InChI is InChI=1S/C19H30N2OS/c1-15-3-6-18(23-15)11-20-8-7-19(13-20)14-21(9-16-4-5-16)10-17(19)12-22-2/h3,6,16-17H,4-5,7-14H2,1-2H3/t17-,19+/m1/s1. The quantitative estimate of drug-likeness (QED) is 0.794. The van der Waals surface area contributed by atoms with Crippen molar-refractivity contribution in [3.05, 3.63) is 21.9 Å². The summed E-state index contributed by atoms with van der Waals surface area (Å²) in [5.74, 6) is 1.72. The van der Waals surface area contributed by atoms with Crippen molar-refractivity contribution in [1.29, 1.82) is 0 Å². The molecule has 1 saturated carbocycles. The van der Waals surface area contributed by atoms with E-state index in [0.717, 1.165) is 25.0 Å². The van der Waals surface area contributed by atoms with Crippen LogP contribution in [0.2, 0.25) is 0 Å². The molecule has 0 bridgehead atoms. The Morgan fingerprint density at radius 3 is 2.78 bits per heavy atom. The van der Waals surface area contributed by atoms with E-state index in [-0.39, 0.29) is 0 Å². The SMILES string of the molecule is COC[C@H]1CN(CC2CC2)C[C@@]12CCN(Cc1ccc(C)s1)C2. The third kappa shape index (κ3) is 3.51. The maximum absolute atomic E-state index is 5.60. The molecule has 1 aromatic heterocycles. The van der Waals surface area contributed by atoms with E-state index in [0.29, 0.717) is 5.41 Å². The van der Waals surface area contributed by atoms with Crippen LogP contribution in [0.4, 0.5) is 0 Å². The fraction of sp³-hybridized carbons (Fsp3) is 0.789. The van der Waals surface area contributed by atoms with Crippen molar-refractivity contribution in [2.24, 2.45) is 17.3 Å². The lowest BCUT2D eigenvalue weighted by atomic mass is 9.77. The molecule has 0 N–H and O–H groups in total. The number of rotatable bonds is 6. The van der Waals surface area contributed by atoms with Crippen LogP contribution in [0.25, 0.3) is 0 Å². The fourth-order valence-corrected chi connectivity index (χ4v) is 5.68. The van der Waals surface area contributed by atoms with Crippen molar-refractivity contribution in [3.8, 4) is 0 Å². The van der Waals surface area contributed by atoms with Crippen molar-refractivity contribution in [2.45, 2.75) is 32.7 Å². The van der Waals surface area contributed by atoms with Crippen LogP contribution in [0.3, 0.4) is 0 Å². The molecule has 2 atom stereocenters. The highest BCUT2D eigenvalue weighted by molar-refractivity contribution is 7.11. The predicted molar refractivity (Wildman–Crippen MR) is 95.9 cm³/mol. The Balaban J connectivity index is 1.41. The number of nitrogens with zero attached hydrogens (tertiary/aromatic N) is 2. The van der Waals surface area contributed by atoms with E-state index in [1.165, 1.54) is 61.7 Å². The summed E-state index contributed by atoms with van der Waals surface area (Å²) in [5, 5.41) is 0. The number of ether oxygens (including phenoxy) is 1. The summed E-state index contributed by atoms with van der Waals surface area (Å²) in [6, 6.07) is 4.57. The second kappa shape index (κ2) is 6.47. The van der Waals surface area contributed by atoms with Crippen molar-refractivity contribution in [2.75, 3.05) is 46.4 Å². The molecule has 1 spiro atoms. The van der Waals surface area contributed by atoms with Gasteiger partial charge in [-0.05, 0) is 50.8 Å². The van der Waals surface area contributed by atoms with Gasteiger partial charge in [0.2, 0.25) is 0 Å². The van der Waals surface area contributed by atoms with E-state index in [4.69, 9.17) is 4.74 Å². The lowest BCUT2D eigenvalue weighted by Crippen LogP contribution is -2.36. The van der Waals surface area contributed by atoms with Gasteiger partial charge in [0.25, 0.3) is 0 Å². The van der Waals surface area contributed by atoms with Gasteiger partial charge in [0, 0.05) is 60.9 Å². The zero-order chi connectivity index (χ0) is 15.9. The van der Waals surface area contributed by atoms with E-state index in [1.807, 2.05) is 18.4 Å². The molecule has 3 aliphatic rings. The van der Waals surface area contributed by atoms with Gasteiger partial charge in [-0.25, -0.2) is 0 Å². The molecule has 3 nitrogen and oxygen atoms in total. The second-order valence-corrected chi connectivity index (χ2v) is 9.50. The van der Waals surface area contributed by atoms with Gasteiger partial charge in [-0.1, -0.05) is 0 Å². The fourth-order valence-electron chi connectivity index (χ4n) is 4.75. The number of hydrogen-bond acceptors (Lipinski definition) is 4. The average Bonchev–Trinajstić information content (AvgIpc) is 2.94. The number of hydrogen-bond donors (Lipinski definition) is 0. The lowest BCUT2D eigenvalue weighted by molar-refractivity contribution is 0.0959. The van der Waals surface area contributed by atoms with Crippen LogP contribution in [0.15, 0.2) is 12.1 Å². The van der Waals surface area contributed by atoms with E-state index in [9.17, 15) is 0 Å². The van der Waals surface area contributed by atoms with Gasteiger partial charge in [-0.2, -0.15) is 0 Å². The van der Waals surface area contributed by atoms with Crippen molar-refractivity contribution in [3.63, 3.8) is 0 Å². The molecule has 4 heteroatoms. The van der Waals surface area contributed by atoms with Gasteiger partial charge < -0.3 is 9.64 Å². The monoisotopic (exact) mass is 334 g/mol. The second-order valence-electron chi connectivity index (χ2n) is 8.13. The highest BCUT2D eigenvalue weighted by Crippen LogP contribution is 2.45. The molecule has 2 saturated heterocycles. The molecular formula is C19H30N2OS. The number of aryl methyl sites for hydroxylation is 1. The highest BCUT2D eigenvalue weighted by Gasteiger charge is 2.50. The van der Waals surface area contributed by atoms with Crippen molar-refractivity contribution in [1.82, 2.24) is 9.80 Å². The summed E-state index contributed by atoms with van der Waals surface area (Å²) >= 11 is 1.96. The average molecular weight is 335 g/mol. The first kappa shape index (κ1) is 16.1. The molecule has 3 heterocycles. The van der Waals surface area contributed by atoms with Crippen LogP contribution in [0, 0.1) is 24.2 Å². The van der Waals surface area contributed by atoms with E-state index >= 15 is 0 Å². The molecule has 1 aromatic rings. The molecule has 3 fully saturated rings. The minimum atomic E-state index is 0.483. The Kier molecular flexibility index (Phi) is 4.52. The third-order valence-electron chi connectivity index (χ3n) is 6.10. The summed E-state index contributed by atoms with van der Waals surface area (Å²) in [6.45, 7) is 10.7. The predicted octanol–water partition coefficient (Wildman–Crippen LogP) is 3.24. The number of likely N-dealkylation sites (tertiary alicyclic amines) is 2. The van der Waals surface area contributed by atoms with Crippen molar-refractivity contribution >= 4 is 11.3 Å². The Morgan fingerprint density at radius 1 is 1.26 bits per heavy atom. The Morgan fingerprint density at radius 2 is 2.09 bits per heavy atom. The summed E-state index contributed by atoms with van der Waals surface area (Å²) < 4.78 is 5.60. The van der Waals surface area contributed by atoms with Crippen LogP contribution in [0.1, 0.15) is 29.0 Å². The van der Waals surface area contributed by atoms with Crippen LogP contribution in [-0.4, -0.2) is 56.2 Å². The molecule has 4 rings (SSSR count). The Bertz CT molecular complexity index is 541. The van der Waals surface area contributed by atoms with Gasteiger partial charge in [0.15, 0.2) is 0 Å². The lowest BCUT2D eigenvalue weighted by Gasteiger charge is -2.30. The molecule has 1 aliphatic carbocycles. The smallest absolute Gasteiger partial charge is 0.0509 e. The van der Waals surface area contributed by atoms with E-state index < -0.39 is 0 Å². The minimum absolute atomic E-state index is 0.483. The summed E-state index contributed by atoms with van der Waals surface area (Å²) in [7, 11) is 1.87. The molecule has 0 radical (unpaired) electrons. The minimum Gasteiger partial charge on any atom is -0.384 e. The van der Waals surface area contributed by atoms with Gasteiger partial charge in [-0.15, -0.1) is 11.3 Å². The first-order chi connectivity index (χ1) is 11.2. The molecular weight excluding hydrogens is 304 g/mol. The van der Waals surface area contributed by atoms with Crippen molar-refractivity contribution < 1.29 is 4.74 Å². The summed E-state index contributed by atoms with van der Waals surface area (Å²) in [5.41, 5.74) is 0.483. The molecule has 0 unspecified atom stereocenters. The maximum Gasteiger partial charge on any atom is 0.0509 e. The van der Waals surface area contributed by atoms with Crippen LogP contribution >= 0.6 is 11.3 Å². The molecule has 128 valence electrons. The summed E-state index contributed by atoms with van der Waals surface area (Å²) in [6.07, 6.45) is 4.27. The number of thiophene rings is 1. The molecule has 23 heavy (non-hydrogen) atoms. The first-order valence-electron chi connectivity index (χ1n) is 9.16. The molecule has 0 aromatic carbocycles. The Labute approximate surface area is 144 Å². The van der Waals surface area contributed by atoms with Crippen LogP contribution in [-0.2, 0) is 11.3 Å².